The minimum atomic E-state index is -0.771. The molecule has 0 atom stereocenters. The summed E-state index contributed by atoms with van der Waals surface area (Å²) in [5.74, 6) is -0.771. The predicted molar refractivity (Wildman–Crippen MR) is 81.9 cm³/mol. The van der Waals surface area contributed by atoms with Gasteiger partial charge in [0.1, 0.15) is 11.6 Å². The highest BCUT2D eigenvalue weighted by Crippen LogP contribution is 2.17. The van der Waals surface area contributed by atoms with Crippen LogP contribution in [0.25, 0.3) is 0 Å². The largest absolute Gasteiger partial charge is 0.330 e. The molecule has 0 aromatic heterocycles. The van der Waals surface area contributed by atoms with Crippen LogP contribution < -0.4 is 11.1 Å². The van der Waals surface area contributed by atoms with E-state index in [1.165, 1.54) is 24.3 Å². The molecule has 0 spiro atoms. The number of nitrogens with one attached hydrogen (secondary N) is 1. The summed E-state index contributed by atoms with van der Waals surface area (Å²) in [7, 11) is 0. The Labute approximate surface area is 132 Å². The molecule has 9 heteroatoms. The summed E-state index contributed by atoms with van der Waals surface area (Å²) in [4.78, 5) is 34.1. The molecule has 0 aliphatic rings. The standard InChI is InChI=1S/C14H15N5O4/c15-5-2-6-18(10-20)9-11(8-16)14(21)17-12-3-1-4-13(7-12)19(22)23/h1,3-4,7,9-10H,2,5-6,15H2,(H,17,21)/b11-9-. The fourth-order valence-corrected chi connectivity index (χ4v) is 1.62. The zero-order chi connectivity index (χ0) is 17.2. The number of nitro groups is 1. The summed E-state index contributed by atoms with van der Waals surface area (Å²) in [6.45, 7) is 0.634. The van der Waals surface area contributed by atoms with Gasteiger partial charge in [-0.15, -0.1) is 0 Å². The van der Waals surface area contributed by atoms with Gasteiger partial charge in [-0.2, -0.15) is 5.26 Å². The first-order chi connectivity index (χ1) is 11.0. The number of nitro benzene ring substituents is 1. The smallest absolute Gasteiger partial charge is 0.271 e. The van der Waals surface area contributed by atoms with E-state index in [0.717, 1.165) is 11.1 Å². The lowest BCUT2D eigenvalue weighted by Gasteiger charge is -2.12. The number of anilines is 1. The van der Waals surface area contributed by atoms with Crippen molar-refractivity contribution in [3.63, 3.8) is 0 Å². The Morgan fingerprint density at radius 2 is 2.26 bits per heavy atom. The predicted octanol–water partition coefficient (Wildman–Crippen LogP) is 0.748. The Morgan fingerprint density at radius 3 is 2.83 bits per heavy atom. The average molecular weight is 317 g/mol. The average Bonchev–Trinajstić information content (AvgIpc) is 2.55. The molecule has 23 heavy (non-hydrogen) atoms. The second-order valence-corrected chi connectivity index (χ2v) is 4.40. The fraction of sp³-hybridized carbons (Fsp3) is 0.214. The van der Waals surface area contributed by atoms with Gasteiger partial charge in [-0.25, -0.2) is 0 Å². The van der Waals surface area contributed by atoms with Crippen LogP contribution in [0.1, 0.15) is 6.42 Å². The normalized spacial score (nSPS) is 10.5. The number of carbonyl (C=O) groups is 2. The molecule has 0 saturated carbocycles. The summed E-state index contributed by atoms with van der Waals surface area (Å²) in [5.41, 5.74) is 5.01. The van der Waals surface area contributed by atoms with Gasteiger partial charge in [0, 0.05) is 30.6 Å². The Balaban J connectivity index is 2.88. The first kappa shape index (κ1) is 17.8. The molecule has 0 bridgehead atoms. The maximum Gasteiger partial charge on any atom is 0.271 e. The molecule has 1 rings (SSSR count). The van der Waals surface area contributed by atoms with E-state index in [9.17, 15) is 19.7 Å². The van der Waals surface area contributed by atoms with Crippen LogP contribution in [0.4, 0.5) is 11.4 Å². The van der Waals surface area contributed by atoms with Crippen LogP contribution in [0.15, 0.2) is 36.0 Å². The van der Waals surface area contributed by atoms with Crippen molar-refractivity contribution in [3.8, 4) is 6.07 Å². The van der Waals surface area contributed by atoms with Gasteiger partial charge in [-0.1, -0.05) is 6.07 Å². The molecule has 0 heterocycles. The molecule has 1 aromatic rings. The van der Waals surface area contributed by atoms with Crippen molar-refractivity contribution in [1.29, 1.82) is 5.26 Å². The van der Waals surface area contributed by atoms with Gasteiger partial charge >= 0.3 is 0 Å². The zero-order valence-corrected chi connectivity index (χ0v) is 12.1. The van der Waals surface area contributed by atoms with Gasteiger partial charge < -0.3 is 16.0 Å². The topological polar surface area (TPSA) is 142 Å². The van der Waals surface area contributed by atoms with E-state index in [2.05, 4.69) is 5.32 Å². The third-order valence-electron chi connectivity index (χ3n) is 2.73. The summed E-state index contributed by atoms with van der Waals surface area (Å²) in [6.07, 6.45) is 2.10. The van der Waals surface area contributed by atoms with Crippen LogP contribution in [0.2, 0.25) is 0 Å². The number of hydrogen-bond donors (Lipinski definition) is 2. The van der Waals surface area contributed by atoms with E-state index in [1.807, 2.05) is 0 Å². The number of hydrogen-bond acceptors (Lipinski definition) is 6. The molecule has 120 valence electrons. The molecule has 0 aliphatic carbocycles. The summed E-state index contributed by atoms with van der Waals surface area (Å²) < 4.78 is 0. The number of nitrogens with two attached hydrogens (primary N) is 1. The van der Waals surface area contributed by atoms with E-state index in [1.54, 1.807) is 6.07 Å². The van der Waals surface area contributed by atoms with Crippen molar-refractivity contribution in [2.45, 2.75) is 6.42 Å². The number of benzene rings is 1. The van der Waals surface area contributed by atoms with Gasteiger partial charge in [0.05, 0.1) is 4.92 Å². The maximum atomic E-state index is 12.0. The lowest BCUT2D eigenvalue weighted by molar-refractivity contribution is -0.384. The lowest BCUT2D eigenvalue weighted by atomic mass is 10.2. The Hall–Kier alpha value is -3.25. The van der Waals surface area contributed by atoms with E-state index in [4.69, 9.17) is 11.0 Å². The molecule has 9 nitrogen and oxygen atoms in total. The van der Waals surface area contributed by atoms with Gasteiger partial charge in [0.2, 0.25) is 6.41 Å². The molecule has 0 aliphatic heterocycles. The minimum Gasteiger partial charge on any atom is -0.330 e. The number of nitrogens with zero attached hydrogens (tertiary/aromatic N) is 3. The SMILES string of the molecule is N#C/C(=C/N(C=O)CCCN)C(=O)Nc1cccc([N+](=O)[O-])c1. The van der Waals surface area contributed by atoms with Crippen LogP contribution in [0.5, 0.6) is 0 Å². The van der Waals surface area contributed by atoms with Gasteiger partial charge in [-0.3, -0.25) is 19.7 Å². The van der Waals surface area contributed by atoms with Crippen LogP contribution in [-0.2, 0) is 9.59 Å². The number of amides is 2. The van der Waals surface area contributed by atoms with Gasteiger partial charge in [-0.05, 0) is 19.0 Å². The summed E-state index contributed by atoms with van der Waals surface area (Å²) in [6, 6.07) is 6.98. The monoisotopic (exact) mass is 317 g/mol. The third-order valence-corrected chi connectivity index (χ3v) is 2.73. The number of carbonyl (C=O) groups excluding carboxylic acids is 2. The molecule has 0 radical (unpaired) electrons. The summed E-state index contributed by atoms with van der Waals surface area (Å²) >= 11 is 0. The van der Waals surface area contributed by atoms with E-state index in [0.29, 0.717) is 19.4 Å². The highest BCUT2D eigenvalue weighted by atomic mass is 16.6. The lowest BCUT2D eigenvalue weighted by Crippen LogP contribution is -2.22. The summed E-state index contributed by atoms with van der Waals surface area (Å²) in [5, 5.41) is 22.1. The van der Waals surface area contributed by atoms with Crippen LogP contribution in [0.3, 0.4) is 0 Å². The molecule has 1 aromatic carbocycles. The molecular formula is C14H15N5O4. The van der Waals surface area contributed by atoms with Crippen LogP contribution in [-0.4, -0.2) is 35.2 Å². The number of rotatable bonds is 8. The van der Waals surface area contributed by atoms with Crippen molar-refractivity contribution in [3.05, 3.63) is 46.2 Å². The molecule has 2 amide bonds. The van der Waals surface area contributed by atoms with Crippen molar-refractivity contribution in [1.82, 2.24) is 4.90 Å². The van der Waals surface area contributed by atoms with Crippen molar-refractivity contribution >= 4 is 23.7 Å². The van der Waals surface area contributed by atoms with Crippen molar-refractivity contribution in [2.75, 3.05) is 18.4 Å². The van der Waals surface area contributed by atoms with Crippen molar-refractivity contribution < 1.29 is 14.5 Å². The minimum absolute atomic E-state index is 0.171. The molecule has 3 N–H and O–H groups in total. The van der Waals surface area contributed by atoms with Crippen LogP contribution >= 0.6 is 0 Å². The fourth-order valence-electron chi connectivity index (χ4n) is 1.62. The highest BCUT2D eigenvalue weighted by Gasteiger charge is 2.13. The van der Waals surface area contributed by atoms with Gasteiger partial charge in [0.25, 0.3) is 11.6 Å². The number of non-ortho nitro benzene ring substituents is 1. The Bertz CT molecular complexity index is 665. The van der Waals surface area contributed by atoms with Gasteiger partial charge in [0.15, 0.2) is 0 Å². The Kier molecular flexibility index (Phi) is 6.90. The van der Waals surface area contributed by atoms with E-state index in [-0.39, 0.29) is 23.5 Å². The highest BCUT2D eigenvalue weighted by molar-refractivity contribution is 6.06. The maximum absolute atomic E-state index is 12.0. The van der Waals surface area contributed by atoms with E-state index < -0.39 is 10.8 Å². The first-order valence-corrected chi connectivity index (χ1v) is 6.60. The molecular weight excluding hydrogens is 302 g/mol. The Morgan fingerprint density at radius 1 is 1.52 bits per heavy atom. The van der Waals surface area contributed by atoms with Crippen molar-refractivity contribution in [2.24, 2.45) is 5.73 Å². The van der Waals surface area contributed by atoms with E-state index >= 15 is 0 Å². The quantitative estimate of drug-likeness (QED) is 0.238. The molecule has 0 saturated heterocycles. The number of nitriles is 1. The third kappa shape index (κ3) is 5.56. The first-order valence-electron chi connectivity index (χ1n) is 6.60. The molecule has 0 fully saturated rings. The molecule has 0 unspecified atom stereocenters. The second kappa shape index (κ2) is 8.91. The van der Waals surface area contributed by atoms with Crippen LogP contribution in [0, 0.1) is 21.4 Å². The second-order valence-electron chi connectivity index (χ2n) is 4.40. The zero-order valence-electron chi connectivity index (χ0n) is 12.1.